The molecule has 0 spiro atoms. The van der Waals surface area contributed by atoms with Gasteiger partial charge in [-0.3, -0.25) is 9.69 Å². The summed E-state index contributed by atoms with van der Waals surface area (Å²) >= 11 is 5.96. The van der Waals surface area contributed by atoms with Crippen molar-refractivity contribution in [1.29, 1.82) is 0 Å². The molecule has 0 aliphatic heterocycles. The topological polar surface area (TPSA) is 49.8 Å². The number of halogens is 1. The van der Waals surface area contributed by atoms with Gasteiger partial charge in [-0.25, -0.2) is 0 Å². The van der Waals surface area contributed by atoms with Crippen LogP contribution in [0.3, 0.4) is 0 Å². The largest absolute Gasteiger partial charge is 0.489 e. The van der Waals surface area contributed by atoms with E-state index in [0.29, 0.717) is 11.6 Å². The van der Waals surface area contributed by atoms with E-state index in [2.05, 4.69) is 0 Å². The number of rotatable bonds is 8. The highest BCUT2D eigenvalue weighted by atomic mass is 35.5. The molecule has 0 aliphatic rings. The minimum Gasteiger partial charge on any atom is -0.489 e. The summed E-state index contributed by atoms with van der Waals surface area (Å²) in [5.41, 5.74) is 2.17. The van der Waals surface area contributed by atoms with Gasteiger partial charge in [-0.1, -0.05) is 35.9 Å². The van der Waals surface area contributed by atoms with Gasteiger partial charge < -0.3 is 9.84 Å². The average Bonchev–Trinajstić information content (AvgIpc) is 2.53. The first-order chi connectivity index (χ1) is 11.4. The number of likely N-dealkylation sites (N-methyl/N-ethyl adjacent to an activating group) is 1. The molecule has 0 aromatic heterocycles. The fraction of sp³-hybridized carbons (Fsp3) is 0.316. The predicted octanol–water partition coefficient (Wildman–Crippen LogP) is 3.87. The first-order valence-electron chi connectivity index (χ1n) is 7.82. The van der Waals surface area contributed by atoms with E-state index in [0.717, 1.165) is 23.3 Å². The number of benzene rings is 2. The molecule has 0 radical (unpaired) electrons. The molecule has 2 rings (SSSR count). The number of carbonyl (C=O) groups is 1. The Hall–Kier alpha value is -2.04. The summed E-state index contributed by atoms with van der Waals surface area (Å²) in [6.45, 7) is 2.53. The van der Waals surface area contributed by atoms with Crippen molar-refractivity contribution < 1.29 is 14.6 Å². The van der Waals surface area contributed by atoms with Gasteiger partial charge in [0.2, 0.25) is 0 Å². The quantitative estimate of drug-likeness (QED) is 0.787. The average molecular weight is 348 g/mol. The molecular formula is C19H22ClNO3. The van der Waals surface area contributed by atoms with E-state index in [4.69, 9.17) is 21.4 Å². The van der Waals surface area contributed by atoms with Crippen LogP contribution in [0.15, 0.2) is 48.5 Å². The van der Waals surface area contributed by atoms with Gasteiger partial charge in [0.15, 0.2) is 0 Å². The third kappa shape index (κ3) is 5.87. The van der Waals surface area contributed by atoms with E-state index in [-0.39, 0.29) is 12.6 Å². The molecule has 0 aliphatic carbocycles. The van der Waals surface area contributed by atoms with Crippen molar-refractivity contribution in [3.05, 3.63) is 64.7 Å². The molecule has 5 heteroatoms. The van der Waals surface area contributed by atoms with Crippen molar-refractivity contribution in [3.63, 3.8) is 0 Å². The Morgan fingerprint density at radius 1 is 1.21 bits per heavy atom. The van der Waals surface area contributed by atoms with Crippen LogP contribution in [-0.4, -0.2) is 35.6 Å². The predicted molar refractivity (Wildman–Crippen MR) is 95.7 cm³/mol. The zero-order valence-corrected chi connectivity index (χ0v) is 14.7. The van der Waals surface area contributed by atoms with Crippen molar-refractivity contribution in [3.8, 4) is 5.75 Å². The van der Waals surface area contributed by atoms with Crippen LogP contribution < -0.4 is 4.74 Å². The van der Waals surface area contributed by atoms with Gasteiger partial charge in [0.1, 0.15) is 12.4 Å². The molecule has 0 heterocycles. The van der Waals surface area contributed by atoms with Crippen molar-refractivity contribution in [2.75, 3.05) is 13.6 Å². The Bertz CT molecular complexity index is 673. The Morgan fingerprint density at radius 3 is 2.54 bits per heavy atom. The lowest BCUT2D eigenvalue weighted by molar-refractivity contribution is -0.138. The molecule has 2 aromatic carbocycles. The first-order valence-corrected chi connectivity index (χ1v) is 8.20. The number of hydrogen-bond donors (Lipinski definition) is 1. The third-order valence-corrected chi connectivity index (χ3v) is 4.12. The maximum absolute atomic E-state index is 10.8. The minimum absolute atomic E-state index is 0.0436. The number of ether oxygens (including phenoxy) is 1. The van der Waals surface area contributed by atoms with Crippen LogP contribution in [-0.2, 0) is 17.8 Å². The molecule has 0 amide bonds. The monoisotopic (exact) mass is 347 g/mol. The van der Waals surface area contributed by atoms with Crippen LogP contribution in [0.2, 0.25) is 5.02 Å². The molecule has 4 nitrogen and oxygen atoms in total. The van der Waals surface area contributed by atoms with E-state index >= 15 is 0 Å². The Labute approximate surface area is 147 Å². The highest BCUT2D eigenvalue weighted by molar-refractivity contribution is 6.30. The van der Waals surface area contributed by atoms with E-state index in [1.807, 2.05) is 67.4 Å². The van der Waals surface area contributed by atoms with Crippen LogP contribution >= 0.6 is 11.6 Å². The molecule has 0 saturated heterocycles. The second-order valence-electron chi connectivity index (χ2n) is 5.92. The SMILES string of the molecule is C[C@H](Cc1ccc(OCc2cccc(Cl)c2)cc1)N(C)CC(=O)O. The highest BCUT2D eigenvalue weighted by Crippen LogP contribution is 2.17. The molecule has 0 unspecified atom stereocenters. The number of aliphatic carboxylic acids is 1. The number of nitrogens with zero attached hydrogens (tertiary/aromatic N) is 1. The zero-order chi connectivity index (χ0) is 17.5. The van der Waals surface area contributed by atoms with Gasteiger partial charge in [0.05, 0.1) is 6.54 Å². The summed E-state index contributed by atoms with van der Waals surface area (Å²) in [5.74, 6) is -0.0145. The van der Waals surface area contributed by atoms with Crippen LogP contribution in [0.5, 0.6) is 5.75 Å². The normalized spacial score (nSPS) is 12.2. The van der Waals surface area contributed by atoms with Gasteiger partial charge in [-0.2, -0.15) is 0 Å². The second-order valence-corrected chi connectivity index (χ2v) is 6.36. The molecular weight excluding hydrogens is 326 g/mol. The van der Waals surface area contributed by atoms with Crippen LogP contribution in [0.1, 0.15) is 18.1 Å². The molecule has 0 saturated carbocycles. The number of carboxylic acids is 1. The van der Waals surface area contributed by atoms with Crippen molar-refractivity contribution in [2.45, 2.75) is 26.0 Å². The van der Waals surface area contributed by atoms with Crippen molar-refractivity contribution in [2.24, 2.45) is 0 Å². The Morgan fingerprint density at radius 2 is 1.92 bits per heavy atom. The maximum atomic E-state index is 10.8. The summed E-state index contributed by atoms with van der Waals surface area (Å²) in [7, 11) is 1.82. The molecule has 24 heavy (non-hydrogen) atoms. The zero-order valence-electron chi connectivity index (χ0n) is 13.9. The number of carboxylic acid groups (broad SMARTS) is 1. The van der Waals surface area contributed by atoms with Crippen LogP contribution in [0, 0.1) is 0 Å². The molecule has 128 valence electrons. The Kier molecular flexibility index (Phi) is 6.64. The smallest absolute Gasteiger partial charge is 0.317 e. The minimum atomic E-state index is -0.811. The van der Waals surface area contributed by atoms with Gasteiger partial charge in [0, 0.05) is 11.1 Å². The standard InChI is InChI=1S/C19H22ClNO3/c1-14(21(2)12-19(22)23)10-15-6-8-18(9-7-15)24-13-16-4-3-5-17(20)11-16/h3-9,11,14H,10,12-13H2,1-2H3,(H,22,23)/t14-/m1/s1. The van der Waals surface area contributed by atoms with Crippen molar-refractivity contribution >= 4 is 17.6 Å². The lowest BCUT2D eigenvalue weighted by Crippen LogP contribution is -2.35. The highest BCUT2D eigenvalue weighted by Gasteiger charge is 2.12. The summed E-state index contributed by atoms with van der Waals surface area (Å²) in [6.07, 6.45) is 0.790. The van der Waals surface area contributed by atoms with Crippen LogP contribution in [0.4, 0.5) is 0 Å². The molecule has 2 aromatic rings. The van der Waals surface area contributed by atoms with Gasteiger partial charge in [0.25, 0.3) is 0 Å². The molecule has 1 atom stereocenters. The summed E-state index contributed by atoms with van der Waals surface area (Å²) < 4.78 is 5.76. The lowest BCUT2D eigenvalue weighted by Gasteiger charge is -2.22. The summed E-state index contributed by atoms with van der Waals surface area (Å²) in [4.78, 5) is 12.6. The first kappa shape index (κ1) is 18.3. The maximum Gasteiger partial charge on any atom is 0.317 e. The summed E-state index contributed by atoms with van der Waals surface area (Å²) in [5, 5.41) is 9.54. The van der Waals surface area contributed by atoms with Crippen LogP contribution in [0.25, 0.3) is 0 Å². The fourth-order valence-corrected chi connectivity index (χ4v) is 2.59. The lowest BCUT2D eigenvalue weighted by atomic mass is 10.1. The fourth-order valence-electron chi connectivity index (χ4n) is 2.38. The molecule has 0 bridgehead atoms. The van der Waals surface area contributed by atoms with Crippen molar-refractivity contribution in [1.82, 2.24) is 4.90 Å². The van der Waals surface area contributed by atoms with Gasteiger partial charge in [-0.15, -0.1) is 0 Å². The van der Waals surface area contributed by atoms with Gasteiger partial charge in [-0.05, 0) is 55.8 Å². The summed E-state index contributed by atoms with van der Waals surface area (Å²) in [6, 6.07) is 15.6. The second kappa shape index (κ2) is 8.71. The Balaban J connectivity index is 1.87. The van der Waals surface area contributed by atoms with E-state index < -0.39 is 5.97 Å². The van der Waals surface area contributed by atoms with E-state index in [1.54, 1.807) is 0 Å². The van der Waals surface area contributed by atoms with Gasteiger partial charge >= 0.3 is 5.97 Å². The number of hydrogen-bond acceptors (Lipinski definition) is 3. The molecule has 1 N–H and O–H groups in total. The van der Waals surface area contributed by atoms with E-state index in [1.165, 1.54) is 0 Å². The van der Waals surface area contributed by atoms with E-state index in [9.17, 15) is 4.79 Å². The molecule has 0 fully saturated rings. The third-order valence-electron chi connectivity index (χ3n) is 3.89.